The van der Waals surface area contributed by atoms with Gasteiger partial charge in [0, 0.05) is 25.0 Å². The van der Waals surface area contributed by atoms with Gasteiger partial charge < -0.3 is 15.2 Å². The van der Waals surface area contributed by atoms with E-state index in [0.717, 1.165) is 22.6 Å². The first kappa shape index (κ1) is 14.3. The molecule has 0 aromatic heterocycles. The van der Waals surface area contributed by atoms with Crippen molar-refractivity contribution in [1.29, 1.82) is 0 Å². The molecule has 0 spiro atoms. The van der Waals surface area contributed by atoms with E-state index in [4.69, 9.17) is 27.4 Å². The van der Waals surface area contributed by atoms with Crippen molar-refractivity contribution in [3.05, 3.63) is 23.8 Å². The van der Waals surface area contributed by atoms with Gasteiger partial charge in [0.05, 0.1) is 12.2 Å². The normalized spacial score (nSPS) is 10.2. The first-order valence-corrected chi connectivity index (χ1v) is 6.92. The third-order valence-corrected chi connectivity index (χ3v) is 3.19. The summed E-state index contributed by atoms with van der Waals surface area (Å²) in [5.74, 6) is 0.750. The Balaban J connectivity index is 2.79. The topological polar surface area (TPSA) is 44.5 Å². The Labute approximate surface area is 112 Å². The summed E-state index contributed by atoms with van der Waals surface area (Å²) in [6, 6.07) is 5.82. The fourth-order valence-corrected chi connectivity index (χ4v) is 2.33. The molecule has 0 aliphatic carbocycles. The number of hydrogen-bond donors (Lipinski definition) is 1. The van der Waals surface area contributed by atoms with Crippen LogP contribution in [0.4, 0.5) is 0 Å². The molecule has 0 amide bonds. The van der Waals surface area contributed by atoms with Gasteiger partial charge in [0.2, 0.25) is 0 Å². The summed E-state index contributed by atoms with van der Waals surface area (Å²) >= 11 is 6.67. The first-order chi connectivity index (χ1) is 8.20. The molecule has 5 heteroatoms. The molecule has 0 atom stereocenters. The van der Waals surface area contributed by atoms with Gasteiger partial charge in [-0.1, -0.05) is 18.3 Å². The summed E-state index contributed by atoms with van der Waals surface area (Å²) < 4.78 is 10.6. The predicted molar refractivity (Wildman–Crippen MR) is 76.1 cm³/mol. The number of nitrogens with two attached hydrogens (primary N) is 1. The molecular weight excluding hydrogens is 254 g/mol. The third-order valence-electron chi connectivity index (χ3n) is 2.20. The molecule has 1 aromatic carbocycles. The Bertz CT molecular complexity index is 383. The summed E-state index contributed by atoms with van der Waals surface area (Å²) in [6.45, 7) is 1.28. The first-order valence-electron chi connectivity index (χ1n) is 5.29. The van der Waals surface area contributed by atoms with E-state index in [1.807, 2.05) is 24.5 Å². The summed E-state index contributed by atoms with van der Waals surface area (Å²) in [7, 11) is 1.68. The van der Waals surface area contributed by atoms with Crippen LogP contribution in [0, 0.1) is 0 Å². The number of methoxy groups -OCH3 is 1. The van der Waals surface area contributed by atoms with E-state index in [-0.39, 0.29) is 0 Å². The molecule has 0 aliphatic rings. The minimum Gasteiger partial charge on any atom is -0.493 e. The molecule has 0 saturated heterocycles. The molecule has 1 rings (SSSR count). The van der Waals surface area contributed by atoms with Crippen molar-refractivity contribution in [2.24, 2.45) is 5.73 Å². The Kier molecular flexibility index (Phi) is 6.32. The highest BCUT2D eigenvalue weighted by Crippen LogP contribution is 2.28. The molecule has 0 fully saturated rings. The highest BCUT2D eigenvalue weighted by atomic mass is 32.2. The molecule has 3 nitrogen and oxygen atoms in total. The quantitative estimate of drug-likeness (QED) is 0.469. The summed E-state index contributed by atoms with van der Waals surface area (Å²) in [4.78, 5) is 1.42. The van der Waals surface area contributed by atoms with Crippen LogP contribution in [-0.4, -0.2) is 31.6 Å². The van der Waals surface area contributed by atoms with Gasteiger partial charge >= 0.3 is 0 Å². The Hall–Kier alpha value is -0.780. The van der Waals surface area contributed by atoms with Crippen LogP contribution in [0.25, 0.3) is 0 Å². The van der Waals surface area contributed by atoms with Gasteiger partial charge in [0.25, 0.3) is 0 Å². The maximum atomic E-state index is 5.73. The van der Waals surface area contributed by atoms with Crippen LogP contribution in [0.1, 0.15) is 12.0 Å². The molecular formula is C12H17NO2S2. The zero-order valence-corrected chi connectivity index (χ0v) is 11.7. The van der Waals surface area contributed by atoms with E-state index in [2.05, 4.69) is 0 Å². The largest absolute Gasteiger partial charge is 0.493 e. The lowest BCUT2D eigenvalue weighted by atomic mass is 10.2. The molecule has 0 unspecified atom stereocenters. The van der Waals surface area contributed by atoms with Crippen LogP contribution in [0.3, 0.4) is 0 Å². The monoisotopic (exact) mass is 271 g/mol. The Morgan fingerprint density at radius 3 is 2.76 bits per heavy atom. The lowest BCUT2D eigenvalue weighted by Crippen LogP contribution is -2.13. The number of rotatable bonds is 7. The number of thioether (sulfide) groups is 1. The summed E-state index contributed by atoms with van der Waals surface area (Å²) in [5, 5.41) is 0. The second-order valence-corrected chi connectivity index (χ2v) is 4.68. The van der Waals surface area contributed by atoms with E-state index in [9.17, 15) is 0 Å². The maximum absolute atomic E-state index is 5.73. The van der Waals surface area contributed by atoms with Gasteiger partial charge in [-0.3, -0.25) is 0 Å². The second-order valence-electron chi connectivity index (χ2n) is 3.39. The molecule has 0 heterocycles. The van der Waals surface area contributed by atoms with Crippen molar-refractivity contribution in [1.82, 2.24) is 0 Å². The zero-order chi connectivity index (χ0) is 12.7. The van der Waals surface area contributed by atoms with Gasteiger partial charge in [-0.2, -0.15) is 0 Å². The predicted octanol–water partition coefficient (Wildman–Crippen LogP) is 2.46. The standard InChI is InChI=1S/C12H17NO2S2/c1-14-7-4-8-15-9-5-3-6-10(17-2)11(9)12(13)16/h3,5-6H,4,7-8H2,1-2H3,(H2,13,16). The average Bonchev–Trinajstić information content (AvgIpc) is 2.33. The highest BCUT2D eigenvalue weighted by molar-refractivity contribution is 7.98. The minimum absolute atomic E-state index is 0.372. The number of hydrogen-bond acceptors (Lipinski definition) is 4. The molecule has 1 aromatic rings. The molecule has 0 radical (unpaired) electrons. The fourth-order valence-electron chi connectivity index (χ4n) is 1.43. The van der Waals surface area contributed by atoms with Crippen molar-refractivity contribution in [3.63, 3.8) is 0 Å². The van der Waals surface area contributed by atoms with Crippen molar-refractivity contribution < 1.29 is 9.47 Å². The van der Waals surface area contributed by atoms with Gasteiger partial charge in [0.1, 0.15) is 10.7 Å². The highest BCUT2D eigenvalue weighted by Gasteiger charge is 2.11. The lowest BCUT2D eigenvalue weighted by Gasteiger charge is -2.13. The molecule has 0 saturated carbocycles. The van der Waals surface area contributed by atoms with Crippen molar-refractivity contribution in [2.75, 3.05) is 26.6 Å². The van der Waals surface area contributed by atoms with E-state index >= 15 is 0 Å². The van der Waals surface area contributed by atoms with Crippen LogP contribution in [0.2, 0.25) is 0 Å². The van der Waals surface area contributed by atoms with E-state index < -0.39 is 0 Å². The Morgan fingerprint density at radius 1 is 1.41 bits per heavy atom. The number of ether oxygens (including phenoxy) is 2. The second kappa shape index (κ2) is 7.53. The van der Waals surface area contributed by atoms with Gasteiger partial charge in [-0.15, -0.1) is 11.8 Å². The van der Waals surface area contributed by atoms with Gasteiger partial charge in [-0.05, 0) is 18.4 Å². The SMILES string of the molecule is COCCCOc1cccc(SC)c1C(N)=S. The molecule has 17 heavy (non-hydrogen) atoms. The maximum Gasteiger partial charge on any atom is 0.130 e. The Morgan fingerprint density at radius 2 is 2.18 bits per heavy atom. The third kappa shape index (κ3) is 4.18. The number of thiocarbonyl (C=S) groups is 1. The van der Waals surface area contributed by atoms with E-state index in [0.29, 0.717) is 18.2 Å². The van der Waals surface area contributed by atoms with Gasteiger partial charge in [-0.25, -0.2) is 0 Å². The van der Waals surface area contributed by atoms with Crippen LogP contribution < -0.4 is 10.5 Å². The van der Waals surface area contributed by atoms with Crippen LogP contribution >= 0.6 is 24.0 Å². The average molecular weight is 271 g/mol. The summed E-state index contributed by atoms with van der Waals surface area (Å²) in [5.41, 5.74) is 6.56. The molecule has 0 bridgehead atoms. The summed E-state index contributed by atoms with van der Waals surface area (Å²) in [6.07, 6.45) is 2.84. The zero-order valence-electron chi connectivity index (χ0n) is 10.1. The van der Waals surface area contributed by atoms with Gasteiger partial charge in [0.15, 0.2) is 0 Å². The molecule has 2 N–H and O–H groups in total. The van der Waals surface area contributed by atoms with E-state index in [1.54, 1.807) is 18.9 Å². The van der Waals surface area contributed by atoms with Crippen molar-refractivity contribution in [2.45, 2.75) is 11.3 Å². The van der Waals surface area contributed by atoms with Crippen molar-refractivity contribution >= 4 is 29.0 Å². The lowest BCUT2D eigenvalue weighted by molar-refractivity contribution is 0.172. The minimum atomic E-state index is 0.372. The van der Waals surface area contributed by atoms with Crippen molar-refractivity contribution in [3.8, 4) is 5.75 Å². The fraction of sp³-hybridized carbons (Fsp3) is 0.417. The smallest absolute Gasteiger partial charge is 0.130 e. The van der Waals surface area contributed by atoms with E-state index in [1.165, 1.54) is 0 Å². The number of benzene rings is 1. The molecule has 94 valence electrons. The van der Waals surface area contributed by atoms with Crippen LogP contribution in [0.15, 0.2) is 23.1 Å². The van der Waals surface area contributed by atoms with Crippen LogP contribution in [0.5, 0.6) is 5.75 Å². The molecule has 0 aliphatic heterocycles. The van der Waals surface area contributed by atoms with Crippen LogP contribution in [-0.2, 0) is 4.74 Å².